The smallest absolute Gasteiger partial charge is 0.259 e. The van der Waals surface area contributed by atoms with E-state index < -0.39 is 30.0 Å². The SMILES string of the molecule is CCN1CC(F)C(N2CCC(C(=O)N(C)CCN(C)C)CC2)C(NC(=O)c2c(N)nn3cc(F)cnc23)C1. The number of piperidine rings is 2. The molecule has 2 aliphatic rings. The molecule has 2 aromatic rings. The van der Waals surface area contributed by atoms with Crippen LogP contribution in [0.15, 0.2) is 12.4 Å². The van der Waals surface area contributed by atoms with Crippen LogP contribution < -0.4 is 11.1 Å². The molecule has 3 atom stereocenters. The summed E-state index contributed by atoms with van der Waals surface area (Å²) in [6.45, 7) is 5.95. The first-order chi connectivity index (χ1) is 18.1. The lowest BCUT2D eigenvalue weighted by atomic mass is 9.89. The fourth-order valence-electron chi connectivity index (χ4n) is 5.54. The average molecular weight is 536 g/mol. The quantitative estimate of drug-likeness (QED) is 0.497. The van der Waals surface area contributed by atoms with Gasteiger partial charge in [-0.25, -0.2) is 18.3 Å². The van der Waals surface area contributed by atoms with Crippen LogP contribution in [0, 0.1) is 11.7 Å². The van der Waals surface area contributed by atoms with E-state index in [0.717, 1.165) is 23.5 Å². The van der Waals surface area contributed by atoms with Crippen LogP contribution in [0.1, 0.15) is 30.1 Å². The highest BCUT2D eigenvalue weighted by molar-refractivity contribution is 6.04. The predicted octanol–water partition coefficient (Wildman–Crippen LogP) is 0.323. The standard InChI is InChI=1S/C25H39F2N9O2/c1-5-34-14-18(27)21(35-8-6-16(7-9-35)25(38)33(4)11-10-32(2)3)19(15-34)30-24(37)20-22(28)31-36-13-17(26)12-29-23(20)36/h12-13,16,18-19,21H,5-11,14-15H2,1-4H3,(H2,28,31)(H,30,37). The number of alkyl halides is 1. The van der Waals surface area contributed by atoms with Crippen LogP contribution in [0.2, 0.25) is 0 Å². The number of rotatable bonds is 8. The zero-order chi connectivity index (χ0) is 27.6. The minimum atomic E-state index is -1.18. The first kappa shape index (κ1) is 28.1. The van der Waals surface area contributed by atoms with E-state index in [2.05, 4.69) is 20.3 Å². The van der Waals surface area contributed by atoms with E-state index in [9.17, 15) is 14.0 Å². The molecule has 13 heteroatoms. The minimum absolute atomic E-state index is 0.0397. The second kappa shape index (κ2) is 11.9. The molecule has 0 bridgehead atoms. The van der Waals surface area contributed by atoms with Crippen molar-refractivity contribution in [3.05, 3.63) is 23.8 Å². The van der Waals surface area contributed by atoms with E-state index in [1.54, 1.807) is 4.90 Å². The Morgan fingerprint density at radius 1 is 1.18 bits per heavy atom. The number of halogens is 2. The Bertz CT molecular complexity index is 1140. The van der Waals surface area contributed by atoms with E-state index in [-0.39, 0.29) is 35.4 Å². The number of nitrogens with two attached hydrogens (primary N) is 1. The van der Waals surface area contributed by atoms with Crippen LogP contribution in [-0.2, 0) is 4.79 Å². The van der Waals surface area contributed by atoms with Gasteiger partial charge in [-0.3, -0.25) is 19.4 Å². The average Bonchev–Trinajstić information content (AvgIpc) is 3.21. The summed E-state index contributed by atoms with van der Waals surface area (Å²) in [7, 11) is 5.78. The topological polar surface area (TPSA) is 115 Å². The molecule has 2 fully saturated rings. The van der Waals surface area contributed by atoms with E-state index in [0.29, 0.717) is 45.6 Å². The number of fused-ring (bicyclic) bond motifs is 1. The number of hydrogen-bond acceptors (Lipinski definition) is 8. The molecule has 2 saturated heterocycles. The summed E-state index contributed by atoms with van der Waals surface area (Å²) < 4.78 is 30.4. The Morgan fingerprint density at radius 3 is 2.55 bits per heavy atom. The van der Waals surface area contributed by atoms with Crippen molar-refractivity contribution >= 4 is 23.3 Å². The molecule has 2 aliphatic heterocycles. The molecule has 11 nitrogen and oxygen atoms in total. The number of carbonyl (C=O) groups excluding carboxylic acids is 2. The lowest BCUT2D eigenvalue weighted by molar-refractivity contribution is -0.136. The number of likely N-dealkylation sites (tertiary alicyclic amines) is 2. The van der Waals surface area contributed by atoms with Gasteiger partial charge in [-0.1, -0.05) is 6.92 Å². The third-order valence-electron chi connectivity index (χ3n) is 7.69. The number of hydrogen-bond donors (Lipinski definition) is 2. The number of amides is 2. The van der Waals surface area contributed by atoms with Gasteiger partial charge in [-0.2, -0.15) is 0 Å². The van der Waals surface area contributed by atoms with Gasteiger partial charge in [0, 0.05) is 39.1 Å². The Kier molecular flexibility index (Phi) is 8.78. The van der Waals surface area contributed by atoms with Crippen LogP contribution in [-0.4, -0.2) is 131 Å². The first-order valence-electron chi connectivity index (χ1n) is 13.2. The summed E-state index contributed by atoms with van der Waals surface area (Å²) in [4.78, 5) is 38.1. The number of carbonyl (C=O) groups is 2. The molecule has 4 heterocycles. The predicted molar refractivity (Wildman–Crippen MR) is 140 cm³/mol. The zero-order valence-corrected chi connectivity index (χ0v) is 22.6. The Morgan fingerprint density at radius 2 is 1.89 bits per heavy atom. The summed E-state index contributed by atoms with van der Waals surface area (Å²) >= 11 is 0. The Balaban J connectivity index is 1.46. The zero-order valence-electron chi connectivity index (χ0n) is 22.6. The van der Waals surface area contributed by atoms with Gasteiger partial charge < -0.3 is 20.9 Å². The van der Waals surface area contributed by atoms with Crippen molar-refractivity contribution in [1.29, 1.82) is 0 Å². The van der Waals surface area contributed by atoms with Crippen LogP contribution in [0.3, 0.4) is 0 Å². The Labute approximate surface area is 221 Å². The van der Waals surface area contributed by atoms with Crippen molar-refractivity contribution < 1.29 is 18.4 Å². The maximum absolute atomic E-state index is 15.6. The lowest BCUT2D eigenvalue weighted by Gasteiger charge is -2.47. The second-order valence-corrected chi connectivity index (χ2v) is 10.6. The fourth-order valence-corrected chi connectivity index (χ4v) is 5.54. The molecule has 3 unspecified atom stereocenters. The molecule has 0 saturated carbocycles. The number of nitrogens with zero attached hydrogens (tertiary/aromatic N) is 7. The molecule has 4 rings (SSSR count). The number of nitrogen functional groups attached to an aromatic ring is 1. The van der Waals surface area contributed by atoms with Gasteiger partial charge in [0.15, 0.2) is 17.3 Å². The van der Waals surface area contributed by atoms with Crippen molar-refractivity contribution in [2.24, 2.45) is 5.92 Å². The van der Waals surface area contributed by atoms with Gasteiger partial charge in [0.2, 0.25) is 5.91 Å². The van der Waals surface area contributed by atoms with Crippen molar-refractivity contribution in [3.63, 3.8) is 0 Å². The minimum Gasteiger partial charge on any atom is -0.381 e. The number of aromatic nitrogens is 3. The van der Waals surface area contributed by atoms with Crippen LogP contribution >= 0.6 is 0 Å². The van der Waals surface area contributed by atoms with E-state index in [1.807, 2.05) is 37.9 Å². The molecular formula is C25H39F2N9O2. The second-order valence-electron chi connectivity index (χ2n) is 10.6. The van der Waals surface area contributed by atoms with E-state index in [4.69, 9.17) is 5.73 Å². The van der Waals surface area contributed by atoms with Gasteiger partial charge in [-0.05, 0) is 46.6 Å². The van der Waals surface area contributed by atoms with Crippen LogP contribution in [0.4, 0.5) is 14.6 Å². The lowest BCUT2D eigenvalue weighted by Crippen LogP contribution is -2.66. The highest BCUT2D eigenvalue weighted by Crippen LogP contribution is 2.27. The van der Waals surface area contributed by atoms with Gasteiger partial charge in [0.1, 0.15) is 11.7 Å². The normalized spacial score (nSPS) is 23.7. The molecule has 0 aromatic carbocycles. The molecule has 0 spiro atoms. The molecule has 0 aliphatic carbocycles. The molecule has 2 amide bonds. The third kappa shape index (κ3) is 6.05. The highest BCUT2D eigenvalue weighted by atomic mass is 19.1. The molecule has 38 heavy (non-hydrogen) atoms. The highest BCUT2D eigenvalue weighted by Gasteiger charge is 2.43. The molecular weight excluding hydrogens is 496 g/mol. The van der Waals surface area contributed by atoms with Crippen molar-refractivity contribution in [3.8, 4) is 0 Å². The van der Waals surface area contributed by atoms with Crippen molar-refractivity contribution in [2.45, 2.75) is 38.0 Å². The first-order valence-corrected chi connectivity index (χ1v) is 13.2. The molecule has 3 N–H and O–H groups in total. The van der Waals surface area contributed by atoms with Crippen molar-refractivity contribution in [1.82, 2.24) is 39.5 Å². The summed E-state index contributed by atoms with van der Waals surface area (Å²) in [5.74, 6) is -1.17. The largest absolute Gasteiger partial charge is 0.381 e. The van der Waals surface area contributed by atoms with Gasteiger partial charge in [0.05, 0.1) is 24.5 Å². The van der Waals surface area contributed by atoms with Gasteiger partial charge in [-0.15, -0.1) is 5.10 Å². The van der Waals surface area contributed by atoms with Gasteiger partial charge >= 0.3 is 0 Å². The third-order valence-corrected chi connectivity index (χ3v) is 7.69. The maximum Gasteiger partial charge on any atom is 0.259 e. The van der Waals surface area contributed by atoms with Crippen LogP contribution in [0.5, 0.6) is 0 Å². The summed E-state index contributed by atoms with van der Waals surface area (Å²) in [5, 5.41) is 6.98. The maximum atomic E-state index is 15.6. The molecule has 210 valence electrons. The van der Waals surface area contributed by atoms with Crippen LogP contribution in [0.25, 0.3) is 5.65 Å². The fraction of sp³-hybridized carbons (Fsp3) is 0.680. The van der Waals surface area contributed by atoms with E-state index in [1.165, 1.54) is 0 Å². The van der Waals surface area contributed by atoms with E-state index >= 15 is 4.39 Å². The summed E-state index contributed by atoms with van der Waals surface area (Å²) in [5.41, 5.74) is 6.16. The Hall–Kier alpha value is -2.90. The number of nitrogens with one attached hydrogen (secondary N) is 1. The summed E-state index contributed by atoms with van der Waals surface area (Å²) in [6, 6.07) is -1.06. The van der Waals surface area contributed by atoms with Gasteiger partial charge in [0.25, 0.3) is 5.91 Å². The monoisotopic (exact) mass is 535 g/mol. The number of likely N-dealkylation sites (N-methyl/N-ethyl adjacent to an activating group) is 3. The molecule has 0 radical (unpaired) electrons. The van der Waals surface area contributed by atoms with Crippen molar-refractivity contribution in [2.75, 3.05) is 72.7 Å². The summed E-state index contributed by atoms with van der Waals surface area (Å²) in [6.07, 6.45) is 2.19. The number of anilines is 1. The molecule has 2 aromatic heterocycles.